The molecule has 4 heteroatoms. The molecule has 0 aromatic carbocycles. The van der Waals surface area contributed by atoms with E-state index >= 15 is 0 Å². The Labute approximate surface area is 96.8 Å². The smallest absolute Gasteiger partial charge is 0.120 e. The van der Waals surface area contributed by atoms with Crippen LogP contribution in [0.4, 0.5) is 0 Å². The van der Waals surface area contributed by atoms with Crippen LogP contribution in [0.15, 0.2) is 12.3 Å². The topological polar surface area (TPSA) is 50.0 Å². The van der Waals surface area contributed by atoms with Crippen molar-refractivity contribution in [3.63, 3.8) is 0 Å². The molecule has 1 aromatic heterocycles. The zero-order valence-corrected chi connectivity index (χ0v) is 9.99. The van der Waals surface area contributed by atoms with Crippen LogP contribution in [0, 0.1) is 11.3 Å². The van der Waals surface area contributed by atoms with Gasteiger partial charge < -0.3 is 14.6 Å². The molecule has 88 valence electrons. The molecule has 0 amide bonds. The normalized spacial score (nSPS) is 10.3. The van der Waals surface area contributed by atoms with E-state index in [1.54, 1.807) is 7.11 Å². The van der Waals surface area contributed by atoms with Crippen LogP contribution >= 0.6 is 0 Å². The van der Waals surface area contributed by atoms with Crippen LogP contribution in [0.1, 0.15) is 24.1 Å². The van der Waals surface area contributed by atoms with E-state index in [2.05, 4.69) is 11.4 Å². The second-order valence-corrected chi connectivity index (χ2v) is 3.83. The van der Waals surface area contributed by atoms with Crippen molar-refractivity contribution < 1.29 is 4.74 Å². The van der Waals surface area contributed by atoms with Crippen molar-refractivity contribution in [3.8, 4) is 6.07 Å². The average Bonchev–Trinajstić information content (AvgIpc) is 2.64. The summed E-state index contributed by atoms with van der Waals surface area (Å²) in [6.45, 7) is 2.63. The van der Waals surface area contributed by atoms with Crippen LogP contribution in [-0.2, 0) is 18.3 Å². The molecule has 0 aliphatic rings. The third kappa shape index (κ3) is 4.05. The van der Waals surface area contributed by atoms with E-state index in [4.69, 9.17) is 10.00 Å². The monoisotopic (exact) mass is 221 g/mol. The summed E-state index contributed by atoms with van der Waals surface area (Å²) in [5, 5.41) is 12.1. The van der Waals surface area contributed by atoms with Gasteiger partial charge in [0.05, 0.1) is 0 Å². The molecular formula is C12H19N3O. The first-order valence-corrected chi connectivity index (χ1v) is 5.53. The molecule has 4 nitrogen and oxygen atoms in total. The van der Waals surface area contributed by atoms with Crippen LogP contribution in [0.2, 0.25) is 0 Å². The van der Waals surface area contributed by atoms with Gasteiger partial charge in [0.25, 0.3) is 0 Å². The average molecular weight is 221 g/mol. The Hall–Kier alpha value is -1.31. The van der Waals surface area contributed by atoms with Crippen molar-refractivity contribution in [2.75, 3.05) is 20.3 Å². The van der Waals surface area contributed by atoms with Crippen molar-refractivity contribution in [1.29, 1.82) is 5.26 Å². The number of nitriles is 1. The lowest BCUT2D eigenvalue weighted by atomic mass is 10.3. The first-order valence-electron chi connectivity index (χ1n) is 5.53. The molecule has 0 bridgehead atoms. The highest BCUT2D eigenvalue weighted by Crippen LogP contribution is 2.05. The molecule has 0 atom stereocenters. The number of nitrogens with one attached hydrogen (secondary N) is 1. The van der Waals surface area contributed by atoms with Gasteiger partial charge in [-0.2, -0.15) is 5.26 Å². The van der Waals surface area contributed by atoms with E-state index in [9.17, 15) is 0 Å². The quantitative estimate of drug-likeness (QED) is 0.708. The number of methoxy groups -OCH3 is 1. The molecule has 0 saturated heterocycles. The summed E-state index contributed by atoms with van der Waals surface area (Å²) in [6.07, 6.45) is 4.19. The van der Waals surface area contributed by atoms with Crippen LogP contribution < -0.4 is 5.32 Å². The first kappa shape index (κ1) is 12.8. The Balaban J connectivity index is 2.20. The molecule has 0 radical (unpaired) electrons. The van der Waals surface area contributed by atoms with E-state index in [0.29, 0.717) is 5.69 Å². The maximum Gasteiger partial charge on any atom is 0.120 e. The SMILES string of the molecule is COCCCCNCc1cc(C#N)n(C)c1. The van der Waals surface area contributed by atoms with Crippen LogP contribution in [0.5, 0.6) is 0 Å². The Kier molecular flexibility index (Phi) is 5.62. The van der Waals surface area contributed by atoms with Crippen molar-refractivity contribution >= 4 is 0 Å². The van der Waals surface area contributed by atoms with Gasteiger partial charge in [0.1, 0.15) is 11.8 Å². The van der Waals surface area contributed by atoms with Gasteiger partial charge in [-0.1, -0.05) is 0 Å². The number of rotatable bonds is 7. The summed E-state index contributed by atoms with van der Waals surface area (Å²) in [4.78, 5) is 0. The summed E-state index contributed by atoms with van der Waals surface area (Å²) in [7, 11) is 3.61. The lowest BCUT2D eigenvalue weighted by Crippen LogP contribution is -2.14. The summed E-state index contributed by atoms with van der Waals surface area (Å²) in [6, 6.07) is 4.07. The van der Waals surface area contributed by atoms with Crippen molar-refractivity contribution in [1.82, 2.24) is 9.88 Å². The maximum absolute atomic E-state index is 8.80. The molecule has 0 fully saturated rings. The second kappa shape index (κ2) is 7.04. The number of aromatic nitrogens is 1. The minimum atomic E-state index is 0.705. The van der Waals surface area contributed by atoms with Gasteiger partial charge >= 0.3 is 0 Å². The summed E-state index contributed by atoms with van der Waals surface area (Å²) in [5.74, 6) is 0. The summed E-state index contributed by atoms with van der Waals surface area (Å²) in [5.41, 5.74) is 1.86. The van der Waals surface area contributed by atoms with E-state index in [1.807, 2.05) is 23.9 Å². The highest BCUT2D eigenvalue weighted by atomic mass is 16.5. The standard InChI is InChI=1S/C12H19N3O/c1-15-10-11(7-12(15)8-13)9-14-5-3-4-6-16-2/h7,10,14H,3-6,9H2,1-2H3. The fourth-order valence-electron chi connectivity index (χ4n) is 1.57. The number of unbranched alkanes of at least 4 members (excludes halogenated alkanes) is 1. The van der Waals surface area contributed by atoms with E-state index < -0.39 is 0 Å². The van der Waals surface area contributed by atoms with Gasteiger partial charge in [0, 0.05) is 33.5 Å². The Morgan fingerprint density at radius 1 is 1.50 bits per heavy atom. The van der Waals surface area contributed by atoms with Gasteiger partial charge in [-0.3, -0.25) is 0 Å². The Bertz CT molecular complexity index is 352. The highest BCUT2D eigenvalue weighted by molar-refractivity contribution is 5.28. The number of nitrogens with zero attached hydrogens (tertiary/aromatic N) is 2. The van der Waals surface area contributed by atoms with Crippen molar-refractivity contribution in [2.24, 2.45) is 7.05 Å². The van der Waals surface area contributed by atoms with Gasteiger partial charge in [-0.15, -0.1) is 0 Å². The van der Waals surface area contributed by atoms with Crippen molar-refractivity contribution in [2.45, 2.75) is 19.4 Å². The van der Waals surface area contributed by atoms with Gasteiger partial charge in [0.2, 0.25) is 0 Å². The van der Waals surface area contributed by atoms with Gasteiger partial charge in [-0.25, -0.2) is 0 Å². The molecule has 1 N–H and O–H groups in total. The summed E-state index contributed by atoms with van der Waals surface area (Å²) < 4.78 is 6.82. The predicted molar refractivity (Wildman–Crippen MR) is 62.9 cm³/mol. The number of hydrogen-bond donors (Lipinski definition) is 1. The van der Waals surface area contributed by atoms with Crippen molar-refractivity contribution in [3.05, 3.63) is 23.5 Å². The van der Waals surface area contributed by atoms with Crippen LogP contribution in [0.3, 0.4) is 0 Å². The van der Waals surface area contributed by atoms with Crippen LogP contribution in [0.25, 0.3) is 0 Å². The molecular weight excluding hydrogens is 202 g/mol. The number of hydrogen-bond acceptors (Lipinski definition) is 3. The molecule has 1 aromatic rings. The first-order chi connectivity index (χ1) is 7.77. The fraction of sp³-hybridized carbons (Fsp3) is 0.583. The molecule has 0 aliphatic heterocycles. The largest absolute Gasteiger partial charge is 0.385 e. The molecule has 0 spiro atoms. The lowest BCUT2D eigenvalue weighted by Gasteiger charge is -2.02. The number of ether oxygens (including phenoxy) is 1. The lowest BCUT2D eigenvalue weighted by molar-refractivity contribution is 0.192. The second-order valence-electron chi connectivity index (χ2n) is 3.83. The molecule has 0 unspecified atom stereocenters. The molecule has 1 heterocycles. The Morgan fingerprint density at radius 3 is 2.94 bits per heavy atom. The van der Waals surface area contributed by atoms with E-state index in [-0.39, 0.29) is 0 Å². The highest BCUT2D eigenvalue weighted by Gasteiger charge is 2.01. The van der Waals surface area contributed by atoms with Gasteiger partial charge in [0.15, 0.2) is 0 Å². The predicted octanol–water partition coefficient (Wildman–Crippen LogP) is 1.41. The Morgan fingerprint density at radius 2 is 2.31 bits per heavy atom. The van der Waals surface area contributed by atoms with E-state index in [0.717, 1.165) is 38.1 Å². The minimum Gasteiger partial charge on any atom is -0.385 e. The van der Waals surface area contributed by atoms with Gasteiger partial charge in [-0.05, 0) is 31.0 Å². The third-order valence-corrected chi connectivity index (χ3v) is 2.46. The third-order valence-electron chi connectivity index (χ3n) is 2.46. The maximum atomic E-state index is 8.80. The zero-order valence-electron chi connectivity index (χ0n) is 9.99. The minimum absolute atomic E-state index is 0.705. The fourth-order valence-corrected chi connectivity index (χ4v) is 1.57. The van der Waals surface area contributed by atoms with E-state index in [1.165, 1.54) is 0 Å². The molecule has 16 heavy (non-hydrogen) atoms. The molecule has 0 aliphatic carbocycles. The summed E-state index contributed by atoms with van der Waals surface area (Å²) >= 11 is 0. The van der Waals surface area contributed by atoms with Crippen LogP contribution in [-0.4, -0.2) is 24.8 Å². The molecule has 0 saturated carbocycles. The molecule has 1 rings (SSSR count). The number of aryl methyl sites for hydroxylation is 1. The zero-order chi connectivity index (χ0) is 11.8.